The highest BCUT2D eigenvalue weighted by molar-refractivity contribution is 5.95. The molecule has 3 heterocycles. The second-order valence-electron chi connectivity index (χ2n) is 10.2. The Balaban J connectivity index is 2.26. The highest BCUT2D eigenvalue weighted by Crippen LogP contribution is 2.36. The lowest BCUT2D eigenvalue weighted by Crippen LogP contribution is -2.19. The van der Waals surface area contributed by atoms with Crippen LogP contribution in [0.5, 0.6) is 0 Å². The van der Waals surface area contributed by atoms with E-state index in [9.17, 15) is 0 Å². The molecule has 2 aromatic heterocycles. The zero-order valence-electron chi connectivity index (χ0n) is 23.7. The van der Waals surface area contributed by atoms with Crippen molar-refractivity contribution in [2.75, 3.05) is 18.4 Å². The summed E-state index contributed by atoms with van der Waals surface area (Å²) in [7, 11) is 0. The van der Waals surface area contributed by atoms with Gasteiger partial charge in [0.05, 0.1) is 22.4 Å². The molecule has 0 aromatic carbocycles. The summed E-state index contributed by atoms with van der Waals surface area (Å²) in [4.78, 5) is 5.35. The van der Waals surface area contributed by atoms with E-state index < -0.39 is 0 Å². The molecule has 3 rings (SSSR count). The smallest absolute Gasteiger partial charge is 0.0942 e. The van der Waals surface area contributed by atoms with Crippen molar-refractivity contribution in [3.8, 4) is 0 Å². The van der Waals surface area contributed by atoms with E-state index in [0.29, 0.717) is 12.0 Å². The third kappa shape index (κ3) is 6.03. The van der Waals surface area contributed by atoms with E-state index in [0.717, 1.165) is 49.2 Å². The summed E-state index contributed by atoms with van der Waals surface area (Å²) in [6.45, 7) is 19.7. The number of pyridine rings is 1. The fraction of sp³-hybridized carbons (Fsp3) is 0.469. The second-order valence-corrected chi connectivity index (χ2v) is 10.2. The third-order valence-corrected chi connectivity index (χ3v) is 7.34. The topological polar surface area (TPSA) is 41.9 Å². The average Bonchev–Trinajstić information content (AvgIpc) is 3.18. The molecule has 2 N–H and O–H groups in total. The number of nitrogens with zero attached hydrogens (tertiary/aromatic N) is 2. The Hall–Kier alpha value is -3.01. The predicted octanol–water partition coefficient (Wildman–Crippen LogP) is 8.29. The highest BCUT2D eigenvalue weighted by Gasteiger charge is 2.22. The van der Waals surface area contributed by atoms with Crippen LogP contribution >= 0.6 is 0 Å². The number of hydrogen-bond donors (Lipinski definition) is 2. The Labute approximate surface area is 219 Å². The van der Waals surface area contributed by atoms with E-state index in [2.05, 4.69) is 113 Å². The molecule has 1 aliphatic rings. The molecule has 4 heteroatoms. The first kappa shape index (κ1) is 27.6. The summed E-state index contributed by atoms with van der Waals surface area (Å²) >= 11 is 0. The zero-order valence-corrected chi connectivity index (χ0v) is 23.7. The quantitative estimate of drug-likeness (QED) is 0.314. The Morgan fingerprint density at radius 2 is 1.97 bits per heavy atom. The molecule has 0 bridgehead atoms. The number of allylic oxidation sites excluding steroid dienone is 8. The number of aromatic nitrogens is 2. The Bertz CT molecular complexity index is 1200. The van der Waals surface area contributed by atoms with Gasteiger partial charge in [0.15, 0.2) is 0 Å². The molecule has 1 atom stereocenters. The van der Waals surface area contributed by atoms with Crippen molar-refractivity contribution >= 4 is 22.3 Å². The molecule has 1 unspecified atom stereocenters. The maximum absolute atomic E-state index is 5.35. The molecule has 0 amide bonds. The van der Waals surface area contributed by atoms with Gasteiger partial charge in [-0.05, 0) is 87.9 Å². The maximum Gasteiger partial charge on any atom is 0.0942 e. The van der Waals surface area contributed by atoms with Gasteiger partial charge in [0.2, 0.25) is 0 Å². The molecule has 0 radical (unpaired) electrons. The van der Waals surface area contributed by atoms with Gasteiger partial charge >= 0.3 is 0 Å². The van der Waals surface area contributed by atoms with E-state index in [1.54, 1.807) is 0 Å². The van der Waals surface area contributed by atoms with E-state index in [1.807, 2.05) is 6.20 Å². The standard InChI is InChI=1S/C32H46N4/c1-9-12-13-14-17-27(24(7)23(6)10-2)28-19-29(34-21-26-16-15-18-33-20-26)32-31(35-28)25(8)30(11-3)36(32)22(4)5/h12-19,22-23,33H,9-11,20-21H2,1-8H3,(H,34,35)/b13-12+,17-14-,27-24-. The molecule has 2 aromatic rings. The average molecular weight is 487 g/mol. The summed E-state index contributed by atoms with van der Waals surface area (Å²) in [6.07, 6.45) is 18.2. The van der Waals surface area contributed by atoms with Gasteiger partial charge < -0.3 is 15.2 Å². The van der Waals surface area contributed by atoms with Crippen LogP contribution in [0.15, 0.2) is 59.9 Å². The van der Waals surface area contributed by atoms with E-state index >= 15 is 0 Å². The minimum atomic E-state index is 0.360. The second kappa shape index (κ2) is 12.8. The van der Waals surface area contributed by atoms with Gasteiger partial charge in [0.25, 0.3) is 0 Å². The van der Waals surface area contributed by atoms with Crippen LogP contribution in [0.25, 0.3) is 16.6 Å². The molecule has 194 valence electrons. The summed E-state index contributed by atoms with van der Waals surface area (Å²) in [6, 6.07) is 2.64. The lowest BCUT2D eigenvalue weighted by molar-refractivity contribution is 0.596. The Morgan fingerprint density at radius 3 is 2.58 bits per heavy atom. The van der Waals surface area contributed by atoms with Crippen LogP contribution in [0.4, 0.5) is 5.69 Å². The highest BCUT2D eigenvalue weighted by atomic mass is 15.1. The first-order chi connectivity index (χ1) is 17.3. The molecule has 4 nitrogen and oxygen atoms in total. The van der Waals surface area contributed by atoms with Gasteiger partial charge in [0.1, 0.15) is 0 Å². The number of dihydropyridines is 1. The molecular formula is C32H46N4. The third-order valence-electron chi connectivity index (χ3n) is 7.34. The van der Waals surface area contributed by atoms with E-state index in [4.69, 9.17) is 4.98 Å². The van der Waals surface area contributed by atoms with Crippen molar-refractivity contribution in [2.45, 2.75) is 80.7 Å². The summed E-state index contributed by atoms with van der Waals surface area (Å²) in [5, 5.41) is 7.14. The van der Waals surface area contributed by atoms with Crippen molar-refractivity contribution in [1.82, 2.24) is 14.9 Å². The number of hydrogen-bond acceptors (Lipinski definition) is 3. The largest absolute Gasteiger partial charge is 0.387 e. The van der Waals surface area contributed by atoms with Gasteiger partial charge in [-0.25, -0.2) is 4.98 Å². The van der Waals surface area contributed by atoms with Gasteiger partial charge in [-0.3, -0.25) is 0 Å². The first-order valence-corrected chi connectivity index (χ1v) is 13.7. The molecule has 0 spiro atoms. The summed E-state index contributed by atoms with van der Waals surface area (Å²) in [5.74, 6) is 0.492. The van der Waals surface area contributed by atoms with Gasteiger partial charge in [-0.1, -0.05) is 63.6 Å². The van der Waals surface area contributed by atoms with Gasteiger partial charge in [-0.15, -0.1) is 0 Å². The lowest BCUT2D eigenvalue weighted by Gasteiger charge is -2.20. The Morgan fingerprint density at radius 1 is 1.19 bits per heavy atom. The van der Waals surface area contributed by atoms with Gasteiger partial charge in [-0.2, -0.15) is 0 Å². The minimum absolute atomic E-state index is 0.360. The van der Waals surface area contributed by atoms with Crippen LogP contribution in [-0.4, -0.2) is 22.6 Å². The fourth-order valence-electron chi connectivity index (χ4n) is 4.96. The number of rotatable bonds is 11. The van der Waals surface area contributed by atoms with Crippen molar-refractivity contribution < 1.29 is 0 Å². The monoisotopic (exact) mass is 486 g/mol. The van der Waals surface area contributed by atoms with Crippen LogP contribution < -0.4 is 10.6 Å². The fourth-order valence-corrected chi connectivity index (χ4v) is 4.96. The number of anilines is 1. The number of nitrogens with one attached hydrogen (secondary N) is 2. The van der Waals surface area contributed by atoms with Crippen LogP contribution in [0, 0.1) is 12.8 Å². The zero-order chi connectivity index (χ0) is 26.2. The SMILES string of the molecule is CC/C=C/C=C\C(=C(/C)C(C)CC)c1cc(NCC2=CC=CNC2)c2c(n1)c(C)c(CC)n2C(C)C. The van der Waals surface area contributed by atoms with E-state index in [-0.39, 0.29) is 0 Å². The van der Waals surface area contributed by atoms with Crippen molar-refractivity contribution in [1.29, 1.82) is 0 Å². The number of fused-ring (bicyclic) bond motifs is 1. The molecule has 0 fully saturated rings. The van der Waals surface area contributed by atoms with Crippen molar-refractivity contribution in [3.63, 3.8) is 0 Å². The molecule has 0 saturated carbocycles. The van der Waals surface area contributed by atoms with Crippen LogP contribution in [0.1, 0.15) is 84.3 Å². The van der Waals surface area contributed by atoms with Gasteiger partial charge in [0, 0.05) is 24.8 Å². The van der Waals surface area contributed by atoms with Crippen molar-refractivity contribution in [2.24, 2.45) is 5.92 Å². The Kier molecular flexibility index (Phi) is 9.81. The van der Waals surface area contributed by atoms with Crippen LogP contribution in [0.3, 0.4) is 0 Å². The molecular weight excluding hydrogens is 440 g/mol. The molecule has 0 aliphatic carbocycles. The molecule has 36 heavy (non-hydrogen) atoms. The maximum atomic E-state index is 5.35. The summed E-state index contributed by atoms with van der Waals surface area (Å²) < 4.78 is 2.49. The van der Waals surface area contributed by atoms with E-state index in [1.165, 1.54) is 33.5 Å². The minimum Gasteiger partial charge on any atom is -0.387 e. The normalized spacial score (nSPS) is 15.6. The first-order valence-electron chi connectivity index (χ1n) is 13.7. The number of aryl methyl sites for hydroxylation is 1. The van der Waals surface area contributed by atoms with Crippen molar-refractivity contribution in [3.05, 3.63) is 76.8 Å². The van der Waals surface area contributed by atoms with Crippen LogP contribution in [-0.2, 0) is 6.42 Å². The lowest BCUT2D eigenvalue weighted by atomic mass is 9.92. The predicted molar refractivity (Wildman–Crippen MR) is 159 cm³/mol. The molecule has 0 saturated heterocycles. The van der Waals surface area contributed by atoms with Crippen LogP contribution in [0.2, 0.25) is 0 Å². The molecule has 1 aliphatic heterocycles. The summed E-state index contributed by atoms with van der Waals surface area (Å²) in [5.41, 5.74) is 11.2.